The average Bonchev–Trinajstić information content (AvgIpc) is 2.38. The van der Waals surface area contributed by atoms with Crippen molar-refractivity contribution in [2.75, 3.05) is 13.1 Å². The minimum atomic E-state index is -1.06. The third kappa shape index (κ3) is 4.55. The van der Waals surface area contributed by atoms with Crippen LogP contribution in [0.5, 0.6) is 0 Å². The molecule has 0 spiro atoms. The lowest BCUT2D eigenvalue weighted by Gasteiger charge is -2.33. The SMILES string of the molecule is C=CCC(NC(=O)N1CCC(C(C)O)CC1)C(=O)O. The number of hydrogen-bond acceptors (Lipinski definition) is 3. The lowest BCUT2D eigenvalue weighted by atomic mass is 9.92. The predicted molar refractivity (Wildman–Crippen MR) is 70.7 cm³/mol. The van der Waals surface area contributed by atoms with E-state index < -0.39 is 12.0 Å². The molecule has 0 saturated carbocycles. The number of aliphatic hydroxyl groups is 1. The number of rotatable bonds is 5. The molecule has 0 aromatic carbocycles. The molecule has 0 aliphatic carbocycles. The summed E-state index contributed by atoms with van der Waals surface area (Å²) < 4.78 is 0. The van der Waals surface area contributed by atoms with Gasteiger partial charge in [-0.2, -0.15) is 0 Å². The number of aliphatic hydroxyl groups excluding tert-OH is 1. The van der Waals surface area contributed by atoms with Crippen molar-refractivity contribution in [1.29, 1.82) is 0 Å². The first-order valence-electron chi connectivity index (χ1n) is 6.53. The van der Waals surface area contributed by atoms with Crippen LogP contribution in [-0.2, 0) is 4.79 Å². The van der Waals surface area contributed by atoms with Gasteiger partial charge in [0.25, 0.3) is 0 Å². The zero-order valence-corrected chi connectivity index (χ0v) is 11.2. The molecule has 2 unspecified atom stereocenters. The van der Waals surface area contributed by atoms with Crippen LogP contribution in [0.25, 0.3) is 0 Å². The van der Waals surface area contributed by atoms with Crippen molar-refractivity contribution >= 4 is 12.0 Å². The second-order valence-electron chi connectivity index (χ2n) is 4.93. The van der Waals surface area contributed by atoms with Gasteiger partial charge < -0.3 is 20.4 Å². The Morgan fingerprint density at radius 1 is 1.47 bits per heavy atom. The summed E-state index contributed by atoms with van der Waals surface area (Å²) in [7, 11) is 0. The molecule has 6 nitrogen and oxygen atoms in total. The van der Waals surface area contributed by atoms with Crippen molar-refractivity contribution in [2.45, 2.75) is 38.3 Å². The van der Waals surface area contributed by atoms with Crippen LogP contribution < -0.4 is 5.32 Å². The maximum absolute atomic E-state index is 11.9. The van der Waals surface area contributed by atoms with E-state index in [1.807, 2.05) is 0 Å². The van der Waals surface area contributed by atoms with Gasteiger partial charge in [0.1, 0.15) is 6.04 Å². The topological polar surface area (TPSA) is 89.9 Å². The fourth-order valence-corrected chi connectivity index (χ4v) is 2.21. The summed E-state index contributed by atoms with van der Waals surface area (Å²) in [5.74, 6) is -0.848. The smallest absolute Gasteiger partial charge is 0.326 e. The molecule has 1 rings (SSSR count). The van der Waals surface area contributed by atoms with E-state index in [1.54, 1.807) is 11.8 Å². The van der Waals surface area contributed by atoms with E-state index in [-0.39, 0.29) is 24.5 Å². The molecule has 1 heterocycles. The number of amides is 2. The Morgan fingerprint density at radius 2 is 2.05 bits per heavy atom. The number of likely N-dealkylation sites (tertiary alicyclic amines) is 1. The molecule has 0 radical (unpaired) electrons. The summed E-state index contributed by atoms with van der Waals surface area (Å²) in [6, 6.07) is -1.29. The lowest BCUT2D eigenvalue weighted by Crippen LogP contribution is -2.50. The zero-order chi connectivity index (χ0) is 14.4. The Labute approximate surface area is 113 Å². The van der Waals surface area contributed by atoms with Gasteiger partial charge in [-0.05, 0) is 32.1 Å². The van der Waals surface area contributed by atoms with Crippen LogP contribution in [0.1, 0.15) is 26.2 Å². The summed E-state index contributed by atoms with van der Waals surface area (Å²) in [4.78, 5) is 24.4. The molecule has 1 saturated heterocycles. The Balaban J connectivity index is 2.46. The van der Waals surface area contributed by atoms with E-state index in [0.717, 1.165) is 12.8 Å². The molecule has 0 aromatic heterocycles. The van der Waals surface area contributed by atoms with Gasteiger partial charge in [-0.1, -0.05) is 6.08 Å². The first-order chi connectivity index (χ1) is 8.95. The number of carboxylic acids is 1. The van der Waals surface area contributed by atoms with Crippen LogP contribution in [-0.4, -0.2) is 52.3 Å². The summed E-state index contributed by atoms with van der Waals surface area (Å²) in [6.07, 6.45) is 2.79. The molecule has 1 fully saturated rings. The van der Waals surface area contributed by atoms with E-state index in [4.69, 9.17) is 5.11 Å². The number of aliphatic carboxylic acids is 1. The van der Waals surface area contributed by atoms with Crippen molar-refractivity contribution in [1.82, 2.24) is 10.2 Å². The third-order valence-corrected chi connectivity index (χ3v) is 3.51. The van der Waals surface area contributed by atoms with E-state index >= 15 is 0 Å². The number of carbonyl (C=O) groups is 2. The summed E-state index contributed by atoms with van der Waals surface area (Å²) in [5, 5.41) is 20.9. The highest BCUT2D eigenvalue weighted by Gasteiger charge is 2.27. The first kappa shape index (κ1) is 15.5. The molecule has 3 N–H and O–H groups in total. The normalized spacial score (nSPS) is 19.6. The fourth-order valence-electron chi connectivity index (χ4n) is 2.21. The molecular formula is C13H22N2O4. The van der Waals surface area contributed by atoms with Crippen molar-refractivity contribution in [3.05, 3.63) is 12.7 Å². The van der Waals surface area contributed by atoms with Crippen LogP contribution in [0.3, 0.4) is 0 Å². The van der Waals surface area contributed by atoms with E-state index in [9.17, 15) is 14.7 Å². The van der Waals surface area contributed by atoms with E-state index in [1.165, 1.54) is 6.08 Å². The van der Waals surface area contributed by atoms with Gasteiger partial charge in [-0.3, -0.25) is 0 Å². The van der Waals surface area contributed by atoms with Crippen LogP contribution in [0, 0.1) is 5.92 Å². The Morgan fingerprint density at radius 3 is 2.47 bits per heavy atom. The summed E-state index contributed by atoms with van der Waals surface area (Å²) >= 11 is 0. The molecule has 0 aromatic rings. The van der Waals surface area contributed by atoms with Gasteiger partial charge in [0.15, 0.2) is 0 Å². The van der Waals surface area contributed by atoms with Crippen LogP contribution >= 0.6 is 0 Å². The number of carbonyl (C=O) groups excluding carboxylic acids is 1. The molecule has 6 heteroatoms. The van der Waals surface area contributed by atoms with Gasteiger partial charge in [0, 0.05) is 13.1 Å². The highest BCUT2D eigenvalue weighted by molar-refractivity contribution is 5.82. The molecule has 108 valence electrons. The zero-order valence-electron chi connectivity index (χ0n) is 11.2. The minimum Gasteiger partial charge on any atom is -0.480 e. The number of nitrogens with one attached hydrogen (secondary N) is 1. The number of carboxylic acid groups (broad SMARTS) is 1. The Hall–Kier alpha value is -1.56. The Kier molecular flexibility index (Phi) is 5.82. The third-order valence-electron chi connectivity index (χ3n) is 3.51. The predicted octanol–water partition coefficient (Wildman–Crippen LogP) is 0.818. The van der Waals surface area contributed by atoms with Crippen molar-refractivity contribution in [2.24, 2.45) is 5.92 Å². The van der Waals surface area contributed by atoms with Crippen LogP contribution in [0.4, 0.5) is 4.79 Å². The summed E-state index contributed by atoms with van der Waals surface area (Å²) in [6.45, 7) is 6.32. The summed E-state index contributed by atoms with van der Waals surface area (Å²) in [5.41, 5.74) is 0. The largest absolute Gasteiger partial charge is 0.480 e. The standard InChI is InChI=1S/C13H22N2O4/c1-3-4-11(12(17)18)14-13(19)15-7-5-10(6-8-15)9(2)16/h3,9-11,16H,1,4-8H2,2H3,(H,14,19)(H,17,18). The second kappa shape index (κ2) is 7.13. The molecule has 2 amide bonds. The lowest BCUT2D eigenvalue weighted by molar-refractivity contribution is -0.139. The van der Waals surface area contributed by atoms with Crippen LogP contribution in [0.2, 0.25) is 0 Å². The number of nitrogens with zero attached hydrogens (tertiary/aromatic N) is 1. The molecule has 0 bridgehead atoms. The van der Waals surface area contributed by atoms with Gasteiger partial charge in [-0.15, -0.1) is 6.58 Å². The fraction of sp³-hybridized carbons (Fsp3) is 0.692. The quantitative estimate of drug-likeness (QED) is 0.645. The highest BCUT2D eigenvalue weighted by Crippen LogP contribution is 2.20. The number of hydrogen-bond donors (Lipinski definition) is 3. The second-order valence-corrected chi connectivity index (χ2v) is 4.93. The van der Waals surface area contributed by atoms with Crippen LogP contribution in [0.15, 0.2) is 12.7 Å². The molecule has 1 aliphatic heterocycles. The van der Waals surface area contributed by atoms with E-state index in [0.29, 0.717) is 13.1 Å². The number of piperidine rings is 1. The van der Waals surface area contributed by atoms with Gasteiger partial charge in [-0.25, -0.2) is 9.59 Å². The van der Waals surface area contributed by atoms with Gasteiger partial charge in [0.2, 0.25) is 0 Å². The van der Waals surface area contributed by atoms with Gasteiger partial charge in [0.05, 0.1) is 6.10 Å². The van der Waals surface area contributed by atoms with E-state index in [2.05, 4.69) is 11.9 Å². The van der Waals surface area contributed by atoms with Gasteiger partial charge >= 0.3 is 12.0 Å². The molecular weight excluding hydrogens is 248 g/mol. The monoisotopic (exact) mass is 270 g/mol. The maximum atomic E-state index is 11.9. The number of urea groups is 1. The minimum absolute atomic E-state index is 0.200. The van der Waals surface area contributed by atoms with Crippen molar-refractivity contribution in [3.8, 4) is 0 Å². The maximum Gasteiger partial charge on any atom is 0.326 e. The Bertz CT molecular complexity index is 336. The average molecular weight is 270 g/mol. The molecule has 19 heavy (non-hydrogen) atoms. The van der Waals surface area contributed by atoms with Crippen molar-refractivity contribution in [3.63, 3.8) is 0 Å². The molecule has 2 atom stereocenters. The first-order valence-corrected chi connectivity index (χ1v) is 6.53. The highest BCUT2D eigenvalue weighted by atomic mass is 16.4. The molecule has 1 aliphatic rings. The van der Waals surface area contributed by atoms with Crippen molar-refractivity contribution < 1.29 is 19.8 Å².